The number of esters is 2. The van der Waals surface area contributed by atoms with Crippen LogP contribution in [-0.4, -0.2) is 31.9 Å². The Morgan fingerprint density at radius 1 is 0.595 bits per heavy atom. The summed E-state index contributed by atoms with van der Waals surface area (Å²) in [6.45, 7) is 3.53. The van der Waals surface area contributed by atoms with Gasteiger partial charge in [-0.2, -0.15) is 0 Å². The van der Waals surface area contributed by atoms with Crippen molar-refractivity contribution in [3.8, 4) is 0 Å². The standard InChI is InChI=1S/C29H28N4O4/c1-3-29(4-2,27(34)36-25(21-13-5-9-17-30-21)22-14-6-10-18-31-22)28(35)37-26(23-15-7-11-19-32-23)24-16-8-12-20-33-24/h5-20,25-26H,3-4H2,1-2H3. The summed E-state index contributed by atoms with van der Waals surface area (Å²) in [4.78, 5) is 45.0. The van der Waals surface area contributed by atoms with Crippen molar-refractivity contribution in [2.75, 3.05) is 0 Å². The predicted molar refractivity (Wildman–Crippen MR) is 136 cm³/mol. The largest absolute Gasteiger partial charge is 0.448 e. The van der Waals surface area contributed by atoms with E-state index in [1.807, 2.05) is 0 Å². The molecule has 8 heteroatoms. The summed E-state index contributed by atoms with van der Waals surface area (Å²) in [5, 5.41) is 0. The normalized spacial score (nSPS) is 11.4. The van der Waals surface area contributed by atoms with Crippen LogP contribution in [0.5, 0.6) is 0 Å². The van der Waals surface area contributed by atoms with Gasteiger partial charge in [0.25, 0.3) is 0 Å². The average molecular weight is 497 g/mol. The number of pyridine rings is 4. The van der Waals surface area contributed by atoms with Gasteiger partial charge >= 0.3 is 11.9 Å². The molecule has 0 saturated heterocycles. The zero-order valence-electron chi connectivity index (χ0n) is 20.7. The molecule has 0 aromatic carbocycles. The predicted octanol–water partition coefficient (Wildman–Crippen LogP) is 5.04. The highest BCUT2D eigenvalue weighted by Crippen LogP contribution is 2.36. The summed E-state index contributed by atoms with van der Waals surface area (Å²) < 4.78 is 12.0. The molecule has 0 fully saturated rings. The number of aromatic nitrogens is 4. The first-order valence-electron chi connectivity index (χ1n) is 12.1. The minimum atomic E-state index is -1.55. The van der Waals surface area contributed by atoms with Gasteiger partial charge in [0.2, 0.25) is 0 Å². The minimum absolute atomic E-state index is 0.176. The van der Waals surface area contributed by atoms with E-state index in [9.17, 15) is 9.59 Å². The van der Waals surface area contributed by atoms with Gasteiger partial charge in [0.05, 0.1) is 22.8 Å². The Hall–Kier alpha value is -4.46. The molecule has 37 heavy (non-hydrogen) atoms. The third-order valence-corrected chi connectivity index (χ3v) is 6.26. The number of carbonyl (C=O) groups excluding carboxylic acids is 2. The number of rotatable bonds is 10. The lowest BCUT2D eigenvalue weighted by Crippen LogP contribution is -2.42. The van der Waals surface area contributed by atoms with E-state index in [4.69, 9.17) is 9.47 Å². The molecule has 0 N–H and O–H groups in total. The zero-order valence-corrected chi connectivity index (χ0v) is 20.7. The average Bonchev–Trinajstić information content (AvgIpc) is 2.97. The second kappa shape index (κ2) is 12.0. The van der Waals surface area contributed by atoms with Crippen molar-refractivity contribution in [3.05, 3.63) is 120 Å². The first-order valence-corrected chi connectivity index (χ1v) is 12.1. The van der Waals surface area contributed by atoms with Gasteiger partial charge in [-0.05, 0) is 61.4 Å². The van der Waals surface area contributed by atoms with Gasteiger partial charge in [-0.25, -0.2) is 0 Å². The maximum absolute atomic E-state index is 13.8. The fourth-order valence-electron chi connectivity index (χ4n) is 4.02. The first-order chi connectivity index (χ1) is 18.1. The van der Waals surface area contributed by atoms with Gasteiger partial charge < -0.3 is 9.47 Å². The SMILES string of the molecule is CCC(CC)(C(=O)OC(c1ccccn1)c1ccccn1)C(=O)OC(c1ccccn1)c1ccccn1. The molecule has 188 valence electrons. The van der Waals surface area contributed by atoms with E-state index in [0.29, 0.717) is 22.8 Å². The molecule has 4 aromatic rings. The lowest BCUT2D eigenvalue weighted by atomic mass is 9.82. The van der Waals surface area contributed by atoms with E-state index in [-0.39, 0.29) is 12.8 Å². The fraction of sp³-hybridized carbons (Fsp3) is 0.241. The molecule has 0 atom stereocenters. The lowest BCUT2D eigenvalue weighted by Gasteiger charge is -2.30. The Labute approximate surface area is 215 Å². The van der Waals surface area contributed by atoms with Crippen LogP contribution >= 0.6 is 0 Å². The Bertz CT molecular complexity index is 1110. The number of nitrogens with zero attached hydrogens (tertiary/aromatic N) is 4. The molecule has 0 radical (unpaired) electrons. The van der Waals surface area contributed by atoms with Crippen molar-refractivity contribution in [1.82, 2.24) is 19.9 Å². The van der Waals surface area contributed by atoms with Crippen LogP contribution in [0, 0.1) is 5.41 Å². The molecule has 0 aliphatic rings. The molecule has 0 spiro atoms. The van der Waals surface area contributed by atoms with Crippen LogP contribution in [0.3, 0.4) is 0 Å². The quantitative estimate of drug-likeness (QED) is 0.222. The summed E-state index contributed by atoms with van der Waals surface area (Å²) in [6.07, 6.45) is 5.04. The highest BCUT2D eigenvalue weighted by molar-refractivity contribution is 6.00. The van der Waals surface area contributed by atoms with Crippen LogP contribution < -0.4 is 0 Å². The molecule has 0 unspecified atom stereocenters. The minimum Gasteiger partial charge on any atom is -0.448 e. The summed E-state index contributed by atoms with van der Waals surface area (Å²) in [6, 6.07) is 21.3. The third kappa shape index (κ3) is 5.69. The molecule has 0 aliphatic heterocycles. The maximum atomic E-state index is 13.8. The fourth-order valence-corrected chi connectivity index (χ4v) is 4.02. The third-order valence-electron chi connectivity index (χ3n) is 6.26. The molecule has 8 nitrogen and oxygen atoms in total. The van der Waals surface area contributed by atoms with E-state index in [1.165, 1.54) is 0 Å². The van der Waals surface area contributed by atoms with Crippen LogP contribution in [-0.2, 0) is 19.1 Å². The second-order valence-corrected chi connectivity index (χ2v) is 8.38. The van der Waals surface area contributed by atoms with Crippen LogP contribution in [0.2, 0.25) is 0 Å². The highest BCUT2D eigenvalue weighted by atomic mass is 16.6. The van der Waals surface area contributed by atoms with Gasteiger partial charge in [-0.15, -0.1) is 0 Å². The lowest BCUT2D eigenvalue weighted by molar-refractivity contribution is -0.178. The van der Waals surface area contributed by atoms with Gasteiger partial charge in [-0.3, -0.25) is 29.5 Å². The molecule has 0 aliphatic carbocycles. The van der Waals surface area contributed by atoms with Crippen molar-refractivity contribution in [1.29, 1.82) is 0 Å². The van der Waals surface area contributed by atoms with Crippen molar-refractivity contribution < 1.29 is 19.1 Å². The molecular weight excluding hydrogens is 468 g/mol. The van der Waals surface area contributed by atoms with Crippen molar-refractivity contribution >= 4 is 11.9 Å². The Balaban J connectivity index is 1.66. The molecule has 4 aromatic heterocycles. The molecule has 0 bridgehead atoms. The van der Waals surface area contributed by atoms with Crippen molar-refractivity contribution in [2.45, 2.75) is 38.9 Å². The molecular formula is C29H28N4O4. The van der Waals surface area contributed by atoms with Gasteiger partial charge in [-0.1, -0.05) is 38.1 Å². The van der Waals surface area contributed by atoms with E-state index >= 15 is 0 Å². The van der Waals surface area contributed by atoms with Crippen molar-refractivity contribution in [3.63, 3.8) is 0 Å². The first kappa shape index (κ1) is 25.6. The molecule has 0 saturated carbocycles. The second-order valence-electron chi connectivity index (χ2n) is 8.38. The number of carbonyl (C=O) groups is 2. The maximum Gasteiger partial charge on any atom is 0.324 e. The van der Waals surface area contributed by atoms with Gasteiger partial charge in [0.15, 0.2) is 17.6 Å². The van der Waals surface area contributed by atoms with E-state index in [0.717, 1.165) is 0 Å². The summed E-state index contributed by atoms with van der Waals surface area (Å²) in [5.41, 5.74) is 0.462. The van der Waals surface area contributed by atoms with E-state index < -0.39 is 29.6 Å². The highest BCUT2D eigenvalue weighted by Gasteiger charge is 2.48. The Morgan fingerprint density at radius 2 is 0.892 bits per heavy atom. The Morgan fingerprint density at radius 3 is 1.11 bits per heavy atom. The van der Waals surface area contributed by atoms with Gasteiger partial charge in [0, 0.05) is 24.8 Å². The Kier molecular flexibility index (Phi) is 8.30. The van der Waals surface area contributed by atoms with Crippen LogP contribution in [0.25, 0.3) is 0 Å². The monoisotopic (exact) mass is 496 g/mol. The number of hydrogen-bond acceptors (Lipinski definition) is 8. The van der Waals surface area contributed by atoms with Gasteiger partial charge in [0.1, 0.15) is 0 Å². The molecule has 0 amide bonds. The summed E-state index contributed by atoms with van der Waals surface area (Å²) in [5.74, 6) is -1.41. The topological polar surface area (TPSA) is 104 Å². The van der Waals surface area contributed by atoms with Crippen LogP contribution in [0.4, 0.5) is 0 Å². The van der Waals surface area contributed by atoms with E-state index in [1.54, 1.807) is 111 Å². The smallest absolute Gasteiger partial charge is 0.324 e. The van der Waals surface area contributed by atoms with Crippen molar-refractivity contribution in [2.24, 2.45) is 5.41 Å². The van der Waals surface area contributed by atoms with E-state index in [2.05, 4.69) is 19.9 Å². The number of ether oxygens (including phenoxy) is 2. The zero-order chi connectivity index (χ0) is 26.1. The molecule has 4 heterocycles. The summed E-state index contributed by atoms with van der Waals surface area (Å²) in [7, 11) is 0. The van der Waals surface area contributed by atoms with Crippen LogP contribution in [0.1, 0.15) is 61.7 Å². The summed E-state index contributed by atoms with van der Waals surface area (Å²) >= 11 is 0. The number of hydrogen-bond donors (Lipinski definition) is 0. The molecule has 4 rings (SSSR count). The van der Waals surface area contributed by atoms with Crippen LogP contribution in [0.15, 0.2) is 97.6 Å².